The fourth-order valence-corrected chi connectivity index (χ4v) is 2.99. The summed E-state index contributed by atoms with van der Waals surface area (Å²) in [6.07, 6.45) is 9.03. The molecule has 0 amide bonds. The van der Waals surface area contributed by atoms with Crippen molar-refractivity contribution in [3.8, 4) is 5.75 Å². The van der Waals surface area contributed by atoms with Gasteiger partial charge in [-0.1, -0.05) is 43.5 Å². The topological polar surface area (TPSA) is 21.3 Å². The van der Waals surface area contributed by atoms with Gasteiger partial charge in [-0.15, -0.1) is 0 Å². The van der Waals surface area contributed by atoms with E-state index in [2.05, 4.69) is 18.3 Å². The Morgan fingerprint density at radius 3 is 2.65 bits per heavy atom. The zero-order chi connectivity index (χ0) is 14.2. The van der Waals surface area contributed by atoms with Crippen molar-refractivity contribution >= 4 is 11.6 Å². The van der Waals surface area contributed by atoms with Crippen LogP contribution in [0.1, 0.15) is 57.4 Å². The Labute approximate surface area is 127 Å². The van der Waals surface area contributed by atoms with E-state index in [1.807, 2.05) is 12.1 Å². The van der Waals surface area contributed by atoms with Crippen LogP contribution in [-0.2, 0) is 6.54 Å². The first kappa shape index (κ1) is 15.7. The van der Waals surface area contributed by atoms with Crippen molar-refractivity contribution in [1.82, 2.24) is 5.32 Å². The third-order valence-corrected chi connectivity index (χ3v) is 4.18. The van der Waals surface area contributed by atoms with Crippen LogP contribution >= 0.6 is 11.6 Å². The molecule has 3 heteroatoms. The first-order valence-corrected chi connectivity index (χ1v) is 8.34. The second-order valence-electron chi connectivity index (χ2n) is 5.64. The number of nitrogens with one attached hydrogen (secondary N) is 1. The molecule has 1 fully saturated rings. The average Bonchev–Trinajstić information content (AvgIpc) is 2.71. The number of halogens is 1. The van der Waals surface area contributed by atoms with Gasteiger partial charge in [0.1, 0.15) is 5.75 Å². The Bertz CT molecular complexity index is 400. The summed E-state index contributed by atoms with van der Waals surface area (Å²) in [4.78, 5) is 0. The normalized spacial score (nSPS) is 16.9. The van der Waals surface area contributed by atoms with E-state index in [1.54, 1.807) is 0 Å². The number of para-hydroxylation sites is 1. The summed E-state index contributed by atoms with van der Waals surface area (Å²) < 4.78 is 6.26. The van der Waals surface area contributed by atoms with Gasteiger partial charge < -0.3 is 10.1 Å². The third-order valence-electron chi connectivity index (χ3n) is 3.88. The van der Waals surface area contributed by atoms with E-state index in [-0.39, 0.29) is 0 Å². The third kappa shape index (κ3) is 4.68. The van der Waals surface area contributed by atoms with Gasteiger partial charge in [0.05, 0.1) is 11.1 Å². The first-order valence-electron chi connectivity index (χ1n) is 7.96. The van der Waals surface area contributed by atoms with E-state index < -0.39 is 0 Å². The Hall–Kier alpha value is -0.730. The van der Waals surface area contributed by atoms with Crippen molar-refractivity contribution in [2.45, 2.75) is 64.5 Å². The van der Waals surface area contributed by atoms with Crippen LogP contribution in [0.2, 0.25) is 5.02 Å². The van der Waals surface area contributed by atoms with Crippen molar-refractivity contribution in [2.24, 2.45) is 0 Å². The minimum absolute atomic E-state index is 0.335. The summed E-state index contributed by atoms with van der Waals surface area (Å²) in [5.74, 6) is 0.893. The van der Waals surface area contributed by atoms with Gasteiger partial charge in [0.2, 0.25) is 0 Å². The van der Waals surface area contributed by atoms with Crippen LogP contribution in [0.15, 0.2) is 18.2 Å². The Kier molecular flexibility index (Phi) is 6.68. The Morgan fingerprint density at radius 2 is 1.95 bits per heavy atom. The van der Waals surface area contributed by atoms with Crippen molar-refractivity contribution in [3.05, 3.63) is 28.8 Å². The van der Waals surface area contributed by atoms with Crippen LogP contribution in [-0.4, -0.2) is 12.6 Å². The lowest BCUT2D eigenvalue weighted by atomic mass is 10.1. The van der Waals surface area contributed by atoms with Gasteiger partial charge in [-0.2, -0.15) is 0 Å². The van der Waals surface area contributed by atoms with E-state index in [4.69, 9.17) is 16.3 Å². The average molecular weight is 296 g/mol. The van der Waals surface area contributed by atoms with Crippen molar-refractivity contribution in [3.63, 3.8) is 0 Å². The second-order valence-corrected chi connectivity index (χ2v) is 6.04. The summed E-state index contributed by atoms with van der Waals surface area (Å²) in [6, 6.07) is 6.04. The van der Waals surface area contributed by atoms with E-state index >= 15 is 0 Å². The molecule has 1 aliphatic carbocycles. The van der Waals surface area contributed by atoms with Crippen LogP contribution < -0.4 is 10.1 Å². The zero-order valence-electron chi connectivity index (χ0n) is 12.5. The molecule has 0 saturated heterocycles. The fraction of sp³-hybridized carbons (Fsp3) is 0.647. The van der Waals surface area contributed by atoms with E-state index in [1.165, 1.54) is 31.2 Å². The van der Waals surface area contributed by atoms with Crippen LogP contribution in [0.4, 0.5) is 0 Å². The molecule has 2 rings (SSSR count). The van der Waals surface area contributed by atoms with Crippen molar-refractivity contribution < 1.29 is 4.74 Å². The summed E-state index contributed by atoms with van der Waals surface area (Å²) >= 11 is 6.35. The predicted octanol–water partition coefficient (Wildman–Crippen LogP) is 4.94. The monoisotopic (exact) mass is 295 g/mol. The Balaban J connectivity index is 2.04. The molecule has 0 unspecified atom stereocenters. The molecule has 0 aromatic heterocycles. The lowest BCUT2D eigenvalue weighted by Crippen LogP contribution is -2.19. The molecular weight excluding hydrogens is 270 g/mol. The van der Waals surface area contributed by atoms with Crippen LogP contribution in [0, 0.1) is 0 Å². The maximum Gasteiger partial charge on any atom is 0.142 e. The molecule has 0 heterocycles. The van der Waals surface area contributed by atoms with Crippen molar-refractivity contribution in [2.75, 3.05) is 6.54 Å². The molecule has 0 radical (unpaired) electrons. The largest absolute Gasteiger partial charge is 0.489 e. The maximum absolute atomic E-state index is 6.35. The molecule has 1 N–H and O–H groups in total. The zero-order valence-corrected chi connectivity index (χ0v) is 13.2. The molecule has 112 valence electrons. The molecule has 20 heavy (non-hydrogen) atoms. The number of hydrogen-bond acceptors (Lipinski definition) is 2. The highest BCUT2D eigenvalue weighted by Crippen LogP contribution is 2.32. The predicted molar refractivity (Wildman–Crippen MR) is 85.6 cm³/mol. The van der Waals surface area contributed by atoms with Crippen molar-refractivity contribution in [1.29, 1.82) is 0 Å². The summed E-state index contributed by atoms with van der Waals surface area (Å²) in [6.45, 7) is 4.03. The molecule has 1 aliphatic rings. The highest BCUT2D eigenvalue weighted by molar-refractivity contribution is 6.32. The highest BCUT2D eigenvalue weighted by atomic mass is 35.5. The Morgan fingerprint density at radius 1 is 1.20 bits per heavy atom. The molecule has 0 aliphatic heterocycles. The van der Waals surface area contributed by atoms with E-state index in [0.717, 1.165) is 43.1 Å². The van der Waals surface area contributed by atoms with E-state index in [9.17, 15) is 0 Å². The van der Waals surface area contributed by atoms with Gasteiger partial charge in [-0.05, 0) is 44.7 Å². The molecule has 2 nitrogen and oxygen atoms in total. The smallest absolute Gasteiger partial charge is 0.142 e. The number of rotatable bonds is 6. The maximum atomic E-state index is 6.35. The molecule has 1 aromatic rings. The number of benzene rings is 1. The van der Waals surface area contributed by atoms with Crippen LogP contribution in [0.3, 0.4) is 0 Å². The number of hydrogen-bond donors (Lipinski definition) is 1. The molecule has 0 atom stereocenters. The van der Waals surface area contributed by atoms with Crippen LogP contribution in [0.25, 0.3) is 0 Å². The molecule has 1 saturated carbocycles. The molecule has 1 aromatic carbocycles. The first-order chi connectivity index (χ1) is 9.81. The van der Waals surface area contributed by atoms with Crippen LogP contribution in [0.5, 0.6) is 5.75 Å². The minimum Gasteiger partial charge on any atom is -0.489 e. The summed E-state index contributed by atoms with van der Waals surface area (Å²) in [5.41, 5.74) is 1.18. The standard InChI is InChI=1S/C17H26ClNO/c1-2-12-19-13-14-8-7-11-16(18)17(14)20-15-9-5-3-4-6-10-15/h7-8,11,15,19H,2-6,9-10,12-13H2,1H3. The fourth-order valence-electron chi connectivity index (χ4n) is 2.75. The number of ether oxygens (including phenoxy) is 1. The minimum atomic E-state index is 0.335. The van der Waals surface area contributed by atoms with E-state index in [0.29, 0.717) is 6.10 Å². The van der Waals surface area contributed by atoms with Gasteiger partial charge in [-0.25, -0.2) is 0 Å². The quantitative estimate of drug-likeness (QED) is 0.593. The summed E-state index contributed by atoms with van der Waals surface area (Å²) in [5, 5.41) is 4.17. The van der Waals surface area contributed by atoms with Gasteiger partial charge in [0, 0.05) is 12.1 Å². The summed E-state index contributed by atoms with van der Waals surface area (Å²) in [7, 11) is 0. The highest BCUT2D eigenvalue weighted by Gasteiger charge is 2.17. The molecule has 0 bridgehead atoms. The van der Waals surface area contributed by atoms with Gasteiger partial charge in [0.15, 0.2) is 0 Å². The SMILES string of the molecule is CCCNCc1cccc(Cl)c1OC1CCCCCC1. The lowest BCUT2D eigenvalue weighted by Gasteiger charge is -2.20. The lowest BCUT2D eigenvalue weighted by molar-refractivity contribution is 0.182. The van der Waals surface area contributed by atoms with Gasteiger partial charge in [-0.3, -0.25) is 0 Å². The molecule has 0 spiro atoms. The molecular formula is C17H26ClNO. The second kappa shape index (κ2) is 8.53. The van der Waals surface area contributed by atoms with Gasteiger partial charge in [0.25, 0.3) is 0 Å². The van der Waals surface area contributed by atoms with Gasteiger partial charge >= 0.3 is 0 Å².